The molecule has 0 aliphatic rings. The molecule has 0 radical (unpaired) electrons. The van der Waals surface area contributed by atoms with Gasteiger partial charge in [0.05, 0.1) is 6.04 Å². The van der Waals surface area contributed by atoms with Crippen LogP contribution in [0, 0.1) is 11.8 Å². The zero-order valence-electron chi connectivity index (χ0n) is 11.3. The lowest BCUT2D eigenvalue weighted by Gasteiger charge is -2.16. The fourth-order valence-electron chi connectivity index (χ4n) is 1.53. The van der Waals surface area contributed by atoms with Crippen molar-refractivity contribution in [3.63, 3.8) is 0 Å². The molecule has 1 rings (SSSR count). The van der Waals surface area contributed by atoms with Crippen LogP contribution in [0.1, 0.15) is 58.5 Å². The average molecular weight is 241 g/mol. The first kappa shape index (κ1) is 14.1. The number of aromatic nitrogens is 2. The van der Waals surface area contributed by atoms with Gasteiger partial charge in [-0.25, -0.2) is 0 Å². The Morgan fingerprint density at radius 3 is 2.35 bits per heavy atom. The summed E-state index contributed by atoms with van der Waals surface area (Å²) in [6, 6.07) is -0.217. The van der Waals surface area contributed by atoms with Crippen molar-refractivity contribution in [2.45, 2.75) is 46.8 Å². The first-order valence-electron chi connectivity index (χ1n) is 6.18. The summed E-state index contributed by atoms with van der Waals surface area (Å²) >= 11 is 0. The highest BCUT2D eigenvalue weighted by Crippen LogP contribution is 2.25. The molecule has 0 aromatic carbocycles. The van der Waals surface area contributed by atoms with Crippen molar-refractivity contribution < 1.29 is 9.26 Å². The molecule has 0 spiro atoms. The number of hydrogen-bond acceptors (Lipinski definition) is 5. The number of rotatable bonds is 6. The van der Waals surface area contributed by atoms with Crippen LogP contribution in [0.3, 0.4) is 0 Å². The minimum absolute atomic E-state index is 0.128. The molecule has 2 N–H and O–H groups in total. The van der Waals surface area contributed by atoms with Gasteiger partial charge in [0.1, 0.15) is 6.10 Å². The van der Waals surface area contributed by atoms with Gasteiger partial charge in [0.15, 0.2) is 0 Å². The second-order valence-electron chi connectivity index (χ2n) is 4.88. The van der Waals surface area contributed by atoms with E-state index in [0.717, 1.165) is 0 Å². The van der Waals surface area contributed by atoms with E-state index in [1.807, 2.05) is 20.8 Å². The molecule has 2 atom stereocenters. The summed E-state index contributed by atoms with van der Waals surface area (Å²) in [5.41, 5.74) is 5.96. The molecular formula is C12H23N3O2. The fourth-order valence-corrected chi connectivity index (χ4v) is 1.53. The highest BCUT2D eigenvalue weighted by atomic mass is 16.5. The van der Waals surface area contributed by atoms with Crippen LogP contribution in [0.2, 0.25) is 0 Å². The molecule has 1 unspecified atom stereocenters. The number of nitrogens with zero attached hydrogens (tertiary/aromatic N) is 2. The van der Waals surface area contributed by atoms with Crippen molar-refractivity contribution >= 4 is 0 Å². The Morgan fingerprint density at radius 2 is 1.88 bits per heavy atom. The SMILES string of the molecule is CCOC(c1noc([C@@H](N)C(C)C)n1)C(C)C. The van der Waals surface area contributed by atoms with Crippen LogP contribution >= 0.6 is 0 Å². The molecule has 1 aromatic heterocycles. The van der Waals surface area contributed by atoms with Crippen molar-refractivity contribution in [3.05, 3.63) is 11.7 Å². The summed E-state index contributed by atoms with van der Waals surface area (Å²) in [5.74, 6) is 1.65. The Bertz CT molecular complexity index is 336. The number of ether oxygens (including phenoxy) is 1. The van der Waals surface area contributed by atoms with Gasteiger partial charge in [0, 0.05) is 6.61 Å². The van der Waals surface area contributed by atoms with Gasteiger partial charge in [-0.05, 0) is 18.8 Å². The normalized spacial score (nSPS) is 15.5. The summed E-state index contributed by atoms with van der Waals surface area (Å²) in [6.07, 6.45) is -0.128. The fraction of sp³-hybridized carbons (Fsp3) is 0.833. The molecule has 0 aliphatic carbocycles. The molecule has 0 saturated carbocycles. The third-order valence-corrected chi connectivity index (χ3v) is 2.67. The van der Waals surface area contributed by atoms with Crippen LogP contribution in [0.5, 0.6) is 0 Å². The van der Waals surface area contributed by atoms with Crippen molar-refractivity contribution in [2.75, 3.05) is 6.61 Å². The third kappa shape index (κ3) is 3.51. The highest BCUT2D eigenvalue weighted by molar-refractivity contribution is 4.97. The molecular weight excluding hydrogens is 218 g/mol. The summed E-state index contributed by atoms with van der Waals surface area (Å²) in [4.78, 5) is 4.34. The summed E-state index contributed by atoms with van der Waals surface area (Å²) in [5, 5.41) is 3.97. The van der Waals surface area contributed by atoms with Crippen LogP contribution in [0.25, 0.3) is 0 Å². The van der Waals surface area contributed by atoms with Gasteiger partial charge in [-0.15, -0.1) is 0 Å². The van der Waals surface area contributed by atoms with Crippen LogP contribution < -0.4 is 5.73 Å². The van der Waals surface area contributed by atoms with E-state index >= 15 is 0 Å². The van der Waals surface area contributed by atoms with E-state index < -0.39 is 0 Å². The minimum Gasteiger partial charge on any atom is -0.370 e. The van der Waals surface area contributed by atoms with E-state index in [0.29, 0.717) is 24.2 Å². The smallest absolute Gasteiger partial charge is 0.243 e. The summed E-state index contributed by atoms with van der Waals surface area (Å²) < 4.78 is 10.8. The lowest BCUT2D eigenvalue weighted by atomic mass is 10.1. The van der Waals surface area contributed by atoms with E-state index in [2.05, 4.69) is 24.0 Å². The van der Waals surface area contributed by atoms with Gasteiger partial charge in [-0.2, -0.15) is 4.98 Å². The maximum absolute atomic E-state index is 5.96. The summed E-state index contributed by atoms with van der Waals surface area (Å²) in [7, 11) is 0. The van der Waals surface area contributed by atoms with E-state index in [1.165, 1.54) is 0 Å². The maximum atomic E-state index is 5.96. The van der Waals surface area contributed by atoms with Gasteiger partial charge >= 0.3 is 0 Å². The Kier molecular flexibility index (Phi) is 5.08. The highest BCUT2D eigenvalue weighted by Gasteiger charge is 2.24. The largest absolute Gasteiger partial charge is 0.370 e. The average Bonchev–Trinajstić information content (AvgIpc) is 2.73. The first-order chi connectivity index (χ1) is 7.97. The van der Waals surface area contributed by atoms with Gasteiger partial charge in [0.2, 0.25) is 11.7 Å². The van der Waals surface area contributed by atoms with Crippen LogP contribution in [0.4, 0.5) is 0 Å². The van der Waals surface area contributed by atoms with E-state index in [4.69, 9.17) is 15.0 Å². The standard InChI is InChI=1S/C12H23N3O2/c1-6-16-10(8(4)5)11-14-12(17-15-11)9(13)7(2)3/h7-10H,6,13H2,1-5H3/t9-,10?/m0/s1. The van der Waals surface area contributed by atoms with Gasteiger partial charge < -0.3 is 15.0 Å². The van der Waals surface area contributed by atoms with Crippen LogP contribution in [-0.4, -0.2) is 16.7 Å². The topological polar surface area (TPSA) is 74.2 Å². The van der Waals surface area contributed by atoms with E-state index in [9.17, 15) is 0 Å². The Morgan fingerprint density at radius 1 is 1.24 bits per heavy atom. The lowest BCUT2D eigenvalue weighted by molar-refractivity contribution is 0.0217. The summed E-state index contributed by atoms with van der Waals surface area (Å²) in [6.45, 7) is 10.8. The van der Waals surface area contributed by atoms with Crippen LogP contribution in [0.15, 0.2) is 4.52 Å². The van der Waals surface area contributed by atoms with Crippen LogP contribution in [-0.2, 0) is 4.74 Å². The lowest BCUT2D eigenvalue weighted by Crippen LogP contribution is -2.18. The number of nitrogens with two attached hydrogens (primary N) is 1. The molecule has 0 saturated heterocycles. The molecule has 0 fully saturated rings. The zero-order valence-corrected chi connectivity index (χ0v) is 11.3. The monoisotopic (exact) mass is 241 g/mol. The predicted molar refractivity (Wildman–Crippen MR) is 65.3 cm³/mol. The Hall–Kier alpha value is -0.940. The van der Waals surface area contributed by atoms with Gasteiger partial charge in [-0.1, -0.05) is 32.9 Å². The molecule has 98 valence electrons. The van der Waals surface area contributed by atoms with Crippen molar-refractivity contribution in [2.24, 2.45) is 17.6 Å². The second kappa shape index (κ2) is 6.12. The first-order valence-corrected chi connectivity index (χ1v) is 6.18. The maximum Gasteiger partial charge on any atom is 0.243 e. The van der Waals surface area contributed by atoms with Crippen molar-refractivity contribution in [1.29, 1.82) is 0 Å². The van der Waals surface area contributed by atoms with E-state index in [-0.39, 0.29) is 18.1 Å². The zero-order chi connectivity index (χ0) is 13.0. The Labute approximate surface area is 103 Å². The minimum atomic E-state index is -0.217. The molecule has 5 nitrogen and oxygen atoms in total. The molecule has 1 aromatic rings. The van der Waals surface area contributed by atoms with E-state index in [1.54, 1.807) is 0 Å². The van der Waals surface area contributed by atoms with Crippen molar-refractivity contribution in [3.8, 4) is 0 Å². The molecule has 0 aliphatic heterocycles. The predicted octanol–water partition coefficient (Wildman–Crippen LogP) is 2.46. The molecule has 0 bridgehead atoms. The van der Waals surface area contributed by atoms with Gasteiger partial charge in [-0.3, -0.25) is 0 Å². The Balaban J connectivity index is 2.84. The quantitative estimate of drug-likeness (QED) is 0.828. The van der Waals surface area contributed by atoms with Crippen molar-refractivity contribution in [1.82, 2.24) is 10.1 Å². The molecule has 0 amide bonds. The molecule has 5 heteroatoms. The second-order valence-corrected chi connectivity index (χ2v) is 4.88. The number of hydrogen-bond donors (Lipinski definition) is 1. The third-order valence-electron chi connectivity index (χ3n) is 2.67. The van der Waals surface area contributed by atoms with Gasteiger partial charge in [0.25, 0.3) is 0 Å². The molecule has 1 heterocycles. The molecule has 17 heavy (non-hydrogen) atoms.